The monoisotopic (exact) mass is 380 g/mol. The van der Waals surface area contributed by atoms with Gasteiger partial charge in [0.05, 0.1) is 17.1 Å². The molecule has 1 unspecified atom stereocenters. The largest absolute Gasteiger partial charge is 0.348 e. The molecule has 0 fully saturated rings. The highest BCUT2D eigenvalue weighted by Gasteiger charge is 2.52. The molecular formula is C24H20N4O. The van der Waals surface area contributed by atoms with Crippen molar-refractivity contribution in [2.75, 3.05) is 10.3 Å². The third-order valence-corrected chi connectivity index (χ3v) is 5.38. The van der Waals surface area contributed by atoms with E-state index in [2.05, 4.69) is 29.5 Å². The fourth-order valence-electron chi connectivity index (χ4n) is 3.77. The zero-order valence-corrected chi connectivity index (χ0v) is 16.3. The number of aliphatic imine (C=N–C) groups is 1. The van der Waals surface area contributed by atoms with Gasteiger partial charge >= 0.3 is 5.91 Å². The molecular weight excluding hydrogens is 360 g/mol. The highest BCUT2D eigenvalue weighted by atomic mass is 16.2. The van der Waals surface area contributed by atoms with E-state index in [4.69, 9.17) is 4.99 Å². The summed E-state index contributed by atoms with van der Waals surface area (Å²) in [4.78, 5) is 18.6. The van der Waals surface area contributed by atoms with Crippen molar-refractivity contribution in [1.82, 2.24) is 0 Å². The first-order valence-electron chi connectivity index (χ1n) is 9.58. The first kappa shape index (κ1) is 17.4. The van der Waals surface area contributed by atoms with Gasteiger partial charge in [0.25, 0.3) is 5.66 Å². The van der Waals surface area contributed by atoms with Crippen LogP contribution in [0, 0.1) is 6.92 Å². The number of hydrogen-bond acceptors (Lipinski definition) is 4. The number of hydrazone groups is 1. The van der Waals surface area contributed by atoms with Gasteiger partial charge in [-0.25, -0.2) is 4.99 Å². The number of benzene rings is 3. The maximum atomic E-state index is 13.6. The second-order valence-corrected chi connectivity index (χ2v) is 7.35. The van der Waals surface area contributed by atoms with Crippen LogP contribution in [0.1, 0.15) is 23.6 Å². The second-order valence-electron chi connectivity index (χ2n) is 7.35. The molecule has 5 rings (SSSR count). The molecule has 2 heterocycles. The van der Waals surface area contributed by atoms with Crippen LogP contribution < -0.4 is 10.3 Å². The van der Waals surface area contributed by atoms with Crippen LogP contribution in [-0.4, -0.2) is 23.0 Å². The van der Waals surface area contributed by atoms with Gasteiger partial charge in [-0.2, -0.15) is 10.1 Å². The van der Waals surface area contributed by atoms with Crippen LogP contribution >= 0.6 is 0 Å². The molecule has 0 radical (unpaired) electrons. The number of fused-ring (bicyclic) bond motifs is 1. The molecule has 0 aromatic heterocycles. The third-order valence-electron chi connectivity index (χ3n) is 5.38. The van der Waals surface area contributed by atoms with Crippen LogP contribution in [-0.2, 0) is 4.79 Å². The number of para-hydroxylation sites is 2. The quantitative estimate of drug-likeness (QED) is 0.717. The van der Waals surface area contributed by atoms with Crippen LogP contribution in [0.4, 0.5) is 11.4 Å². The number of rotatable bonds is 2. The van der Waals surface area contributed by atoms with Crippen molar-refractivity contribution in [3.05, 3.63) is 95.6 Å². The molecule has 0 aliphatic carbocycles. The molecule has 142 valence electrons. The summed E-state index contributed by atoms with van der Waals surface area (Å²) in [7, 11) is 0. The molecule has 0 saturated carbocycles. The van der Waals surface area contributed by atoms with Crippen molar-refractivity contribution in [2.24, 2.45) is 10.1 Å². The zero-order valence-electron chi connectivity index (χ0n) is 16.3. The van der Waals surface area contributed by atoms with E-state index in [-0.39, 0.29) is 5.91 Å². The van der Waals surface area contributed by atoms with Gasteiger partial charge in [0.1, 0.15) is 0 Å². The van der Waals surface area contributed by atoms with Crippen LogP contribution in [0.25, 0.3) is 0 Å². The first-order chi connectivity index (χ1) is 14.1. The Balaban J connectivity index is 1.68. The summed E-state index contributed by atoms with van der Waals surface area (Å²) in [5, 5.41) is 9.37. The maximum Gasteiger partial charge on any atom is 0.302 e. The SMILES string of the molecule is CC1=NN(c2ccccc2)C(=O)C12N=C(c1ccc(C)cc1)c1ccccc1N2. The molecule has 5 heteroatoms. The normalized spacial score (nSPS) is 20.2. The Labute approximate surface area is 169 Å². The number of amides is 1. The number of hydrogen-bond donors (Lipinski definition) is 1. The maximum absolute atomic E-state index is 13.6. The topological polar surface area (TPSA) is 57.1 Å². The predicted octanol–water partition coefficient (Wildman–Crippen LogP) is 4.38. The van der Waals surface area contributed by atoms with E-state index in [1.165, 1.54) is 10.6 Å². The molecule has 0 saturated heterocycles. The number of carbonyl (C=O) groups is 1. The van der Waals surface area contributed by atoms with E-state index in [1.54, 1.807) is 0 Å². The lowest BCUT2D eigenvalue weighted by atomic mass is 9.93. The molecule has 2 aliphatic heterocycles. The summed E-state index contributed by atoms with van der Waals surface area (Å²) >= 11 is 0. The van der Waals surface area contributed by atoms with Crippen LogP contribution in [0.2, 0.25) is 0 Å². The Hall–Kier alpha value is -3.73. The van der Waals surface area contributed by atoms with Crippen molar-refractivity contribution < 1.29 is 4.79 Å². The lowest BCUT2D eigenvalue weighted by molar-refractivity contribution is -0.120. The summed E-state index contributed by atoms with van der Waals surface area (Å²) in [5.74, 6) is -0.208. The number of anilines is 2. The van der Waals surface area contributed by atoms with Crippen molar-refractivity contribution >= 4 is 28.7 Å². The van der Waals surface area contributed by atoms with E-state index in [0.717, 1.165) is 28.2 Å². The summed E-state index contributed by atoms with van der Waals surface area (Å²) in [6.07, 6.45) is 0. The van der Waals surface area contributed by atoms with E-state index in [0.29, 0.717) is 5.71 Å². The first-order valence-corrected chi connectivity index (χ1v) is 9.58. The predicted molar refractivity (Wildman–Crippen MR) is 117 cm³/mol. The van der Waals surface area contributed by atoms with E-state index < -0.39 is 5.66 Å². The molecule has 0 bridgehead atoms. The fraction of sp³-hybridized carbons (Fsp3) is 0.125. The molecule has 1 amide bonds. The van der Waals surface area contributed by atoms with Crippen LogP contribution in [0.3, 0.4) is 0 Å². The average Bonchev–Trinajstić information content (AvgIpc) is 2.99. The lowest BCUT2D eigenvalue weighted by Crippen LogP contribution is -2.53. The van der Waals surface area contributed by atoms with Gasteiger partial charge in [-0.05, 0) is 32.0 Å². The van der Waals surface area contributed by atoms with Crippen molar-refractivity contribution in [1.29, 1.82) is 0 Å². The highest BCUT2D eigenvalue weighted by molar-refractivity contribution is 6.29. The number of carbonyl (C=O) groups excluding carboxylic acids is 1. The van der Waals surface area contributed by atoms with Crippen molar-refractivity contribution in [3.8, 4) is 0 Å². The molecule has 1 N–H and O–H groups in total. The zero-order chi connectivity index (χ0) is 20.0. The summed E-state index contributed by atoms with van der Waals surface area (Å²) in [6, 6.07) is 25.6. The van der Waals surface area contributed by atoms with Gasteiger partial charge in [-0.15, -0.1) is 0 Å². The summed E-state index contributed by atoms with van der Waals surface area (Å²) in [5.41, 5.74) is 4.88. The smallest absolute Gasteiger partial charge is 0.302 e. The highest BCUT2D eigenvalue weighted by Crippen LogP contribution is 2.36. The average molecular weight is 380 g/mol. The van der Waals surface area contributed by atoms with Crippen molar-refractivity contribution in [3.63, 3.8) is 0 Å². The Morgan fingerprint density at radius 2 is 1.55 bits per heavy atom. The molecule has 2 aliphatic rings. The van der Waals surface area contributed by atoms with Gasteiger partial charge < -0.3 is 5.32 Å². The Morgan fingerprint density at radius 3 is 2.31 bits per heavy atom. The van der Waals surface area contributed by atoms with Crippen LogP contribution in [0.15, 0.2) is 89.0 Å². The second kappa shape index (κ2) is 6.41. The number of nitrogens with zero attached hydrogens (tertiary/aromatic N) is 3. The Morgan fingerprint density at radius 1 is 0.862 bits per heavy atom. The van der Waals surface area contributed by atoms with Crippen LogP contribution in [0.5, 0.6) is 0 Å². The standard InChI is InChI=1S/C24H20N4O/c1-16-12-14-18(15-13-16)22-20-10-6-7-11-21(20)25-24(26-22)17(2)27-28(23(24)29)19-8-4-3-5-9-19/h3-15,25H,1-2H3. The molecule has 3 aromatic carbocycles. The van der Waals surface area contributed by atoms with E-state index >= 15 is 0 Å². The molecule has 1 spiro atoms. The minimum absolute atomic E-state index is 0.208. The van der Waals surface area contributed by atoms with Crippen molar-refractivity contribution in [2.45, 2.75) is 19.5 Å². The third kappa shape index (κ3) is 2.66. The van der Waals surface area contributed by atoms with Gasteiger partial charge in [0, 0.05) is 16.8 Å². The van der Waals surface area contributed by atoms with E-state index in [1.807, 2.05) is 73.7 Å². The molecule has 5 nitrogen and oxygen atoms in total. The van der Waals surface area contributed by atoms with Gasteiger partial charge in [-0.1, -0.05) is 66.2 Å². The number of aryl methyl sites for hydroxylation is 1. The van der Waals surface area contributed by atoms with E-state index in [9.17, 15) is 4.79 Å². The lowest BCUT2D eigenvalue weighted by Gasteiger charge is -2.33. The molecule has 29 heavy (non-hydrogen) atoms. The Kier molecular flexibility index (Phi) is 3.84. The summed E-state index contributed by atoms with van der Waals surface area (Å²) < 4.78 is 0. The molecule has 3 aromatic rings. The Bertz CT molecular complexity index is 1160. The van der Waals surface area contributed by atoms with Gasteiger partial charge in [0.2, 0.25) is 0 Å². The number of nitrogens with one attached hydrogen (secondary N) is 1. The van der Waals surface area contributed by atoms with Gasteiger partial charge in [0.15, 0.2) is 0 Å². The molecule has 1 atom stereocenters. The minimum Gasteiger partial charge on any atom is -0.348 e. The van der Waals surface area contributed by atoms with Gasteiger partial charge in [-0.3, -0.25) is 4.79 Å². The summed E-state index contributed by atoms with van der Waals surface area (Å²) in [6.45, 7) is 3.90. The minimum atomic E-state index is -1.25. The fourth-order valence-corrected chi connectivity index (χ4v) is 3.77.